The molecular weight excluding hydrogens is 340 g/mol. The van der Waals surface area contributed by atoms with Gasteiger partial charge in [0.15, 0.2) is 11.6 Å². The molecule has 0 unspecified atom stereocenters. The maximum atomic E-state index is 4.59. The Balaban J connectivity index is 0.00000312. The fourth-order valence-corrected chi connectivity index (χ4v) is 2.11. The molecule has 0 saturated carbocycles. The van der Waals surface area contributed by atoms with Gasteiger partial charge in [-0.15, -0.1) is 12.4 Å². The summed E-state index contributed by atoms with van der Waals surface area (Å²) in [6.07, 6.45) is 0. The van der Waals surface area contributed by atoms with Crippen molar-refractivity contribution in [2.75, 3.05) is 48.5 Å². The van der Waals surface area contributed by atoms with E-state index in [9.17, 15) is 0 Å². The zero-order valence-electron chi connectivity index (χ0n) is 15.8. The van der Waals surface area contributed by atoms with E-state index in [2.05, 4.69) is 68.9 Å². The van der Waals surface area contributed by atoms with Gasteiger partial charge < -0.3 is 21.3 Å². The molecule has 0 fully saturated rings. The standard InChI is InChI=1S/C16H28N8.ClH/c1-9(2)7-19-15-21-11-12(13(17-5)23-15)22-16(20-8-10(3)4)24-14(11)18-6;/h9-10H,7-8H2,1-6H3,(H2,17,19,21,23)(H2,18,20,22,24);1H. The number of fused-ring (bicyclic) bond motifs is 1. The van der Waals surface area contributed by atoms with Gasteiger partial charge in [0.2, 0.25) is 11.9 Å². The molecule has 0 aliphatic carbocycles. The molecule has 0 aliphatic heterocycles. The summed E-state index contributed by atoms with van der Waals surface area (Å²) in [5, 5.41) is 12.7. The largest absolute Gasteiger partial charge is 0.371 e. The third kappa shape index (κ3) is 5.45. The molecule has 2 heterocycles. The number of nitrogens with one attached hydrogen (secondary N) is 4. The lowest BCUT2D eigenvalue weighted by atomic mass is 10.2. The highest BCUT2D eigenvalue weighted by Gasteiger charge is 2.15. The quantitative estimate of drug-likeness (QED) is 0.564. The van der Waals surface area contributed by atoms with Gasteiger partial charge in [-0.05, 0) is 11.8 Å². The van der Waals surface area contributed by atoms with E-state index >= 15 is 0 Å². The monoisotopic (exact) mass is 368 g/mol. The fourth-order valence-electron chi connectivity index (χ4n) is 2.11. The van der Waals surface area contributed by atoms with Gasteiger partial charge in [0, 0.05) is 27.2 Å². The Morgan fingerprint density at radius 2 is 1.04 bits per heavy atom. The van der Waals surface area contributed by atoms with Gasteiger partial charge in [0.1, 0.15) is 11.0 Å². The van der Waals surface area contributed by atoms with Crippen LogP contribution < -0.4 is 21.3 Å². The van der Waals surface area contributed by atoms with Crippen molar-refractivity contribution in [2.24, 2.45) is 11.8 Å². The molecule has 0 aromatic carbocycles. The molecule has 140 valence electrons. The second-order valence-corrected chi connectivity index (χ2v) is 6.54. The van der Waals surface area contributed by atoms with Gasteiger partial charge in [-0.25, -0.2) is 9.97 Å². The highest BCUT2D eigenvalue weighted by molar-refractivity contribution is 5.94. The van der Waals surface area contributed by atoms with Gasteiger partial charge in [0.05, 0.1) is 0 Å². The summed E-state index contributed by atoms with van der Waals surface area (Å²) in [6.45, 7) is 10.2. The molecule has 2 rings (SSSR count). The number of rotatable bonds is 8. The van der Waals surface area contributed by atoms with Gasteiger partial charge in [0.25, 0.3) is 0 Å². The van der Waals surface area contributed by atoms with E-state index in [1.54, 1.807) is 0 Å². The zero-order chi connectivity index (χ0) is 17.7. The van der Waals surface area contributed by atoms with Crippen molar-refractivity contribution in [3.8, 4) is 0 Å². The average molecular weight is 369 g/mol. The topological polar surface area (TPSA) is 99.7 Å². The summed E-state index contributed by atoms with van der Waals surface area (Å²) in [5.74, 6) is 3.51. The van der Waals surface area contributed by atoms with E-state index in [-0.39, 0.29) is 12.4 Å². The van der Waals surface area contributed by atoms with Gasteiger partial charge in [-0.2, -0.15) is 9.97 Å². The molecular formula is C16H29ClN8. The Kier molecular flexibility index (Phi) is 7.89. The van der Waals surface area contributed by atoms with Crippen LogP contribution in [0.3, 0.4) is 0 Å². The van der Waals surface area contributed by atoms with Crippen LogP contribution >= 0.6 is 12.4 Å². The molecule has 0 aliphatic rings. The maximum Gasteiger partial charge on any atom is 0.225 e. The molecule has 4 N–H and O–H groups in total. The lowest BCUT2D eigenvalue weighted by Crippen LogP contribution is -2.14. The Labute approximate surface area is 155 Å². The predicted molar refractivity (Wildman–Crippen MR) is 108 cm³/mol. The molecule has 0 bridgehead atoms. The van der Waals surface area contributed by atoms with Crippen LogP contribution in [0.25, 0.3) is 11.0 Å². The van der Waals surface area contributed by atoms with E-state index in [0.29, 0.717) is 46.4 Å². The summed E-state index contributed by atoms with van der Waals surface area (Å²) < 4.78 is 0. The van der Waals surface area contributed by atoms with Crippen molar-refractivity contribution in [1.29, 1.82) is 0 Å². The lowest BCUT2D eigenvalue weighted by Gasteiger charge is -2.14. The van der Waals surface area contributed by atoms with E-state index in [0.717, 1.165) is 13.1 Å². The van der Waals surface area contributed by atoms with Crippen LogP contribution in [0, 0.1) is 11.8 Å². The van der Waals surface area contributed by atoms with E-state index in [1.165, 1.54) is 0 Å². The third-order valence-electron chi connectivity index (χ3n) is 3.35. The van der Waals surface area contributed by atoms with E-state index in [4.69, 9.17) is 0 Å². The van der Waals surface area contributed by atoms with E-state index in [1.807, 2.05) is 14.1 Å². The first-order valence-electron chi connectivity index (χ1n) is 8.37. The minimum atomic E-state index is 0. The first kappa shape index (κ1) is 21.0. The number of nitrogens with zero attached hydrogens (tertiary/aromatic N) is 4. The van der Waals surface area contributed by atoms with Crippen LogP contribution in [0.5, 0.6) is 0 Å². The zero-order valence-corrected chi connectivity index (χ0v) is 16.6. The van der Waals surface area contributed by atoms with Gasteiger partial charge >= 0.3 is 0 Å². The SMILES string of the molecule is CNc1nc(NCC(C)C)nc2c(NC)nc(NCC(C)C)nc12.Cl. The maximum absolute atomic E-state index is 4.59. The van der Waals surface area contributed by atoms with Crippen molar-refractivity contribution in [3.63, 3.8) is 0 Å². The molecule has 9 heteroatoms. The number of hydrogen-bond donors (Lipinski definition) is 4. The Morgan fingerprint density at radius 1 is 0.680 bits per heavy atom. The highest BCUT2D eigenvalue weighted by atomic mass is 35.5. The molecule has 2 aromatic heterocycles. The number of hydrogen-bond acceptors (Lipinski definition) is 8. The Morgan fingerprint density at radius 3 is 1.32 bits per heavy atom. The molecule has 0 atom stereocenters. The van der Waals surface area contributed by atoms with Crippen molar-refractivity contribution < 1.29 is 0 Å². The van der Waals surface area contributed by atoms with Crippen molar-refractivity contribution in [1.82, 2.24) is 19.9 Å². The van der Waals surface area contributed by atoms with Crippen LogP contribution in [0.4, 0.5) is 23.5 Å². The first-order valence-corrected chi connectivity index (χ1v) is 8.37. The van der Waals surface area contributed by atoms with Gasteiger partial charge in [-0.3, -0.25) is 0 Å². The van der Waals surface area contributed by atoms with Crippen LogP contribution in [0.15, 0.2) is 0 Å². The molecule has 8 nitrogen and oxygen atoms in total. The fraction of sp³-hybridized carbons (Fsp3) is 0.625. The van der Waals surface area contributed by atoms with Crippen LogP contribution in [0.2, 0.25) is 0 Å². The normalized spacial score (nSPS) is 10.7. The van der Waals surface area contributed by atoms with Gasteiger partial charge in [-0.1, -0.05) is 27.7 Å². The highest BCUT2D eigenvalue weighted by Crippen LogP contribution is 2.26. The summed E-state index contributed by atoms with van der Waals surface area (Å²) in [4.78, 5) is 18.2. The summed E-state index contributed by atoms with van der Waals surface area (Å²) in [5.41, 5.74) is 1.39. The first-order chi connectivity index (χ1) is 11.4. The Hall–Kier alpha value is -2.09. The number of aromatic nitrogens is 4. The van der Waals surface area contributed by atoms with E-state index < -0.39 is 0 Å². The molecule has 0 saturated heterocycles. The van der Waals surface area contributed by atoms with Crippen molar-refractivity contribution in [3.05, 3.63) is 0 Å². The molecule has 0 spiro atoms. The third-order valence-corrected chi connectivity index (χ3v) is 3.35. The number of halogens is 1. The van der Waals surface area contributed by atoms with Crippen LogP contribution in [-0.2, 0) is 0 Å². The minimum Gasteiger partial charge on any atom is -0.371 e. The van der Waals surface area contributed by atoms with Crippen molar-refractivity contribution >= 4 is 47.0 Å². The summed E-state index contributed by atoms with van der Waals surface area (Å²) in [7, 11) is 3.66. The Bertz CT molecular complexity index is 630. The second-order valence-electron chi connectivity index (χ2n) is 6.54. The number of anilines is 4. The molecule has 25 heavy (non-hydrogen) atoms. The van der Waals surface area contributed by atoms with Crippen LogP contribution in [0.1, 0.15) is 27.7 Å². The van der Waals surface area contributed by atoms with Crippen molar-refractivity contribution in [2.45, 2.75) is 27.7 Å². The average Bonchev–Trinajstić information content (AvgIpc) is 2.56. The molecule has 2 aromatic rings. The smallest absolute Gasteiger partial charge is 0.225 e. The second kappa shape index (κ2) is 9.41. The summed E-state index contributed by atoms with van der Waals surface area (Å²) >= 11 is 0. The lowest BCUT2D eigenvalue weighted by molar-refractivity contribution is 0.684. The minimum absolute atomic E-state index is 0. The van der Waals surface area contributed by atoms with Crippen LogP contribution in [-0.4, -0.2) is 47.1 Å². The summed E-state index contributed by atoms with van der Waals surface area (Å²) in [6, 6.07) is 0. The molecule has 0 amide bonds. The molecule has 0 radical (unpaired) electrons. The predicted octanol–water partition coefficient (Wildman–Crippen LogP) is 3.06.